The summed E-state index contributed by atoms with van der Waals surface area (Å²) in [5.41, 5.74) is 5.54. The minimum atomic E-state index is -4.43. The number of ether oxygens (including phenoxy) is 2. The first kappa shape index (κ1) is 39.2. The van der Waals surface area contributed by atoms with Crippen LogP contribution < -0.4 is 5.73 Å². The van der Waals surface area contributed by atoms with E-state index in [1.165, 1.54) is 24.4 Å². The number of esters is 2. The zero-order valence-corrected chi connectivity index (χ0v) is 28.0. The van der Waals surface area contributed by atoms with E-state index in [9.17, 15) is 40.7 Å². The lowest BCUT2D eigenvalue weighted by molar-refractivity contribution is -0.138. The van der Waals surface area contributed by atoms with E-state index in [0.29, 0.717) is 29.1 Å². The lowest BCUT2D eigenvalue weighted by Crippen LogP contribution is -2.08. The molecule has 0 spiro atoms. The highest BCUT2D eigenvalue weighted by atomic mass is 79.9. The van der Waals surface area contributed by atoms with Crippen LogP contribution in [-0.4, -0.2) is 50.6 Å². The molecule has 3 aromatic heterocycles. The third kappa shape index (κ3) is 10.6. The fourth-order valence-corrected chi connectivity index (χ4v) is 4.44. The molecule has 0 saturated heterocycles. The molecule has 0 amide bonds. The monoisotopic (exact) mass is 766 g/mol. The van der Waals surface area contributed by atoms with Gasteiger partial charge in [0.05, 0.1) is 35.4 Å². The Kier molecular flexibility index (Phi) is 13.7. The smallest absolute Gasteiger partial charge is 0.416 e. The minimum absolute atomic E-state index is 0.0221. The molecular weight excluding hydrogens is 738 g/mol. The number of Topliss-reactive ketones (excluding diaryl/α,β-unsaturated/α-hetero) is 1. The van der Waals surface area contributed by atoms with Crippen LogP contribution in [0.4, 0.5) is 32.2 Å². The average Bonchev–Trinajstić information content (AvgIpc) is 3.53. The Labute approximate surface area is 290 Å². The standard InChI is InChI=1S/C17H13F3N2O2.C9H6BrF3O.C8H10N2O2/c1-2-24-16(23)13-7-4-8-22-10-14(21-15(13)22)11-5-3-6-12(9-11)17(18,19)20;10-5-8(14)6-2-1-3-7(4-6)9(11,12)13;1-2-12-8(11)6-4-3-5-10-7(6)9/h3-10H,2H2,1H3;1-4H,5H2;3-5H,2H2,1H3,(H2,9,10). The van der Waals surface area contributed by atoms with Gasteiger partial charge in [-0.2, -0.15) is 26.3 Å². The number of ketones is 1. The summed E-state index contributed by atoms with van der Waals surface area (Å²) in [6, 6.07) is 15.7. The molecule has 50 heavy (non-hydrogen) atoms. The molecule has 2 N–H and O–H groups in total. The number of nitrogens with zero attached hydrogens (tertiary/aromatic N) is 3. The van der Waals surface area contributed by atoms with E-state index in [0.717, 1.165) is 24.3 Å². The van der Waals surface area contributed by atoms with Gasteiger partial charge >= 0.3 is 24.3 Å². The van der Waals surface area contributed by atoms with Gasteiger partial charge in [-0.05, 0) is 62.4 Å². The van der Waals surface area contributed by atoms with E-state index in [1.54, 1.807) is 61.0 Å². The van der Waals surface area contributed by atoms with E-state index in [-0.39, 0.29) is 34.7 Å². The second-order valence-electron chi connectivity index (χ2n) is 9.87. The number of rotatable bonds is 7. The summed E-state index contributed by atoms with van der Waals surface area (Å²) in [6.45, 7) is 4.00. The quantitative estimate of drug-likeness (QED) is 0.0759. The van der Waals surface area contributed by atoms with Crippen molar-refractivity contribution in [3.05, 3.63) is 119 Å². The Bertz CT molecular complexity index is 1950. The van der Waals surface area contributed by atoms with Crippen LogP contribution in [0.1, 0.15) is 56.0 Å². The van der Waals surface area contributed by atoms with Gasteiger partial charge in [-0.3, -0.25) is 4.79 Å². The Morgan fingerprint density at radius 2 is 1.38 bits per heavy atom. The molecule has 9 nitrogen and oxygen atoms in total. The highest BCUT2D eigenvalue weighted by molar-refractivity contribution is 9.09. The summed E-state index contributed by atoms with van der Waals surface area (Å²) in [5.74, 6) is -1.11. The number of carbonyl (C=O) groups is 3. The number of hydrogen-bond acceptors (Lipinski definition) is 8. The first-order chi connectivity index (χ1) is 23.6. The third-order valence-corrected chi connectivity index (χ3v) is 6.94. The molecule has 0 saturated carbocycles. The van der Waals surface area contributed by atoms with Crippen molar-refractivity contribution in [1.29, 1.82) is 0 Å². The molecule has 0 unspecified atom stereocenters. The first-order valence-corrected chi connectivity index (χ1v) is 15.7. The van der Waals surface area contributed by atoms with Crippen molar-refractivity contribution in [2.45, 2.75) is 26.2 Å². The second-order valence-corrected chi connectivity index (χ2v) is 10.4. The maximum Gasteiger partial charge on any atom is 0.416 e. The molecule has 3 heterocycles. The van der Waals surface area contributed by atoms with Crippen molar-refractivity contribution in [2.75, 3.05) is 24.3 Å². The van der Waals surface area contributed by atoms with Crippen LogP contribution in [0.3, 0.4) is 0 Å². The maximum absolute atomic E-state index is 12.9. The molecular formula is C34H29BrF6N4O5. The van der Waals surface area contributed by atoms with Crippen molar-refractivity contribution in [3.63, 3.8) is 0 Å². The summed E-state index contributed by atoms with van der Waals surface area (Å²) in [5, 5.41) is 0.0221. The van der Waals surface area contributed by atoms with E-state index in [1.807, 2.05) is 0 Å². The predicted octanol–water partition coefficient (Wildman–Crippen LogP) is 8.32. The number of aromatic nitrogens is 3. The Morgan fingerprint density at radius 3 is 1.96 bits per heavy atom. The van der Waals surface area contributed by atoms with Gasteiger partial charge in [0.15, 0.2) is 11.4 Å². The summed E-state index contributed by atoms with van der Waals surface area (Å²) < 4.78 is 86.5. The Balaban J connectivity index is 0.000000222. The van der Waals surface area contributed by atoms with Crippen LogP contribution in [0.15, 0.2) is 91.4 Å². The molecule has 0 aliphatic carbocycles. The number of alkyl halides is 7. The number of imidazole rings is 1. The zero-order chi connectivity index (χ0) is 37.1. The van der Waals surface area contributed by atoms with Crippen molar-refractivity contribution in [2.24, 2.45) is 0 Å². The average molecular weight is 768 g/mol. The summed E-state index contributed by atoms with van der Waals surface area (Å²) in [7, 11) is 0. The minimum Gasteiger partial charge on any atom is -0.462 e. The number of nitrogen functional groups attached to an aromatic ring is 1. The SMILES string of the molecule is CCOC(=O)c1cccn2cc(-c3cccc(C(F)(F)F)c3)nc12.CCOC(=O)c1cccnc1N.O=C(CBr)c1cccc(C(F)(F)F)c1. The topological polar surface area (TPSA) is 126 Å². The number of pyridine rings is 2. The van der Waals surface area contributed by atoms with Crippen LogP contribution in [-0.2, 0) is 21.8 Å². The van der Waals surface area contributed by atoms with Crippen LogP contribution in [0.2, 0.25) is 0 Å². The summed E-state index contributed by atoms with van der Waals surface area (Å²) >= 11 is 2.90. The van der Waals surface area contributed by atoms with Gasteiger partial charge in [-0.15, -0.1) is 0 Å². The molecule has 5 rings (SSSR count). The fraction of sp³-hybridized carbons (Fsp3) is 0.206. The van der Waals surface area contributed by atoms with E-state index in [4.69, 9.17) is 15.2 Å². The fourth-order valence-electron chi connectivity index (χ4n) is 4.12. The van der Waals surface area contributed by atoms with Crippen LogP contribution >= 0.6 is 15.9 Å². The molecule has 0 fully saturated rings. The van der Waals surface area contributed by atoms with Crippen molar-refractivity contribution < 1.29 is 50.2 Å². The van der Waals surface area contributed by atoms with Crippen molar-refractivity contribution in [3.8, 4) is 11.3 Å². The molecule has 16 heteroatoms. The first-order valence-electron chi connectivity index (χ1n) is 14.6. The summed E-state index contributed by atoms with van der Waals surface area (Å²) in [4.78, 5) is 42.2. The van der Waals surface area contributed by atoms with Crippen molar-refractivity contribution >= 4 is 45.1 Å². The van der Waals surface area contributed by atoms with Crippen LogP contribution in [0.5, 0.6) is 0 Å². The normalized spacial score (nSPS) is 11.1. The van der Waals surface area contributed by atoms with Gasteiger partial charge in [0.25, 0.3) is 0 Å². The molecule has 0 aliphatic heterocycles. The summed E-state index contributed by atoms with van der Waals surface area (Å²) in [6.07, 6.45) is -4.05. The number of anilines is 1. The Hall–Kier alpha value is -5.25. The lowest BCUT2D eigenvalue weighted by Gasteiger charge is -2.07. The number of benzene rings is 2. The molecule has 5 aromatic rings. The van der Waals surface area contributed by atoms with Crippen LogP contribution in [0.25, 0.3) is 16.9 Å². The number of fused-ring (bicyclic) bond motifs is 1. The highest BCUT2D eigenvalue weighted by Crippen LogP contribution is 2.32. The maximum atomic E-state index is 12.9. The third-order valence-electron chi connectivity index (χ3n) is 6.43. The molecule has 2 aromatic carbocycles. The predicted molar refractivity (Wildman–Crippen MR) is 176 cm³/mol. The number of halogens is 7. The molecule has 264 valence electrons. The van der Waals surface area contributed by atoms with Gasteiger partial charge in [0.2, 0.25) is 0 Å². The number of hydrogen-bond donors (Lipinski definition) is 1. The largest absolute Gasteiger partial charge is 0.462 e. The lowest BCUT2D eigenvalue weighted by atomic mass is 10.1. The molecule has 0 atom stereocenters. The zero-order valence-electron chi connectivity index (χ0n) is 26.4. The van der Waals surface area contributed by atoms with Gasteiger partial charge in [0, 0.05) is 29.7 Å². The number of carbonyl (C=O) groups excluding carboxylic acids is 3. The number of nitrogens with two attached hydrogens (primary N) is 1. The molecule has 0 radical (unpaired) electrons. The van der Waals surface area contributed by atoms with Gasteiger partial charge in [-0.1, -0.05) is 40.2 Å². The van der Waals surface area contributed by atoms with E-state index >= 15 is 0 Å². The van der Waals surface area contributed by atoms with Gasteiger partial charge < -0.3 is 19.6 Å². The van der Waals surface area contributed by atoms with Crippen molar-refractivity contribution in [1.82, 2.24) is 14.4 Å². The highest BCUT2D eigenvalue weighted by Gasteiger charge is 2.31. The van der Waals surface area contributed by atoms with Gasteiger partial charge in [0.1, 0.15) is 16.9 Å². The van der Waals surface area contributed by atoms with E-state index in [2.05, 4.69) is 25.9 Å². The second kappa shape index (κ2) is 17.4. The van der Waals surface area contributed by atoms with E-state index < -0.39 is 35.4 Å². The van der Waals surface area contributed by atoms with Gasteiger partial charge in [-0.25, -0.2) is 19.6 Å². The Morgan fingerprint density at radius 1 is 0.800 bits per heavy atom. The molecule has 0 bridgehead atoms. The van der Waals surface area contributed by atoms with Crippen LogP contribution in [0, 0.1) is 0 Å². The molecule has 0 aliphatic rings.